The molecule has 156 valence electrons. The van der Waals surface area contributed by atoms with Gasteiger partial charge >= 0.3 is 11.8 Å². The number of amides is 2. The minimum atomic E-state index is -5.11. The molecule has 2 aliphatic rings. The molecule has 2 amide bonds. The Labute approximate surface area is 171 Å². The van der Waals surface area contributed by atoms with Gasteiger partial charge in [-0.3, -0.25) is 14.5 Å². The highest BCUT2D eigenvalue weighted by atomic mass is 19.4. The predicted octanol–water partition coefficient (Wildman–Crippen LogP) is 3.91. The lowest BCUT2D eigenvalue weighted by Gasteiger charge is -2.31. The van der Waals surface area contributed by atoms with Crippen molar-refractivity contribution in [1.29, 1.82) is 0 Å². The quantitative estimate of drug-likeness (QED) is 0.823. The molecule has 1 aliphatic carbocycles. The normalized spacial score (nSPS) is 22.3. The Hall–Kier alpha value is -3.16. The second-order valence-corrected chi connectivity index (χ2v) is 7.44. The third-order valence-corrected chi connectivity index (χ3v) is 5.49. The number of carbonyl (C=O) groups excluding carboxylic acids is 2. The summed E-state index contributed by atoms with van der Waals surface area (Å²) in [5, 5.41) is 1.91. The summed E-state index contributed by atoms with van der Waals surface area (Å²) in [6, 6.07) is 15.4. The van der Waals surface area contributed by atoms with E-state index in [9.17, 15) is 22.8 Å². The van der Waals surface area contributed by atoms with Gasteiger partial charge in [0.2, 0.25) is 0 Å². The molecule has 8 heteroatoms. The molecule has 0 saturated heterocycles. The summed E-state index contributed by atoms with van der Waals surface area (Å²) in [7, 11) is 0. The Bertz CT molecular complexity index is 970. The van der Waals surface area contributed by atoms with Crippen LogP contribution in [0.3, 0.4) is 0 Å². The largest absolute Gasteiger partial charge is 0.442 e. The van der Waals surface area contributed by atoms with Crippen molar-refractivity contribution in [2.75, 3.05) is 0 Å². The van der Waals surface area contributed by atoms with E-state index in [1.165, 1.54) is 24.3 Å². The van der Waals surface area contributed by atoms with Crippen LogP contribution in [0.1, 0.15) is 41.6 Å². The standard InChI is InChI=1S/C22H20F3N3O2/c23-22(24,25)21(27-19(29)16-11-5-2-6-12-16)20(30)28(17-13-7-8-14-17)18(26-21)15-9-3-1-4-10-15/h1-6,9-12,17H,7-8,13-14H2,(H,27,29)/t21-/m0/s1. The van der Waals surface area contributed by atoms with E-state index >= 15 is 0 Å². The number of benzene rings is 2. The van der Waals surface area contributed by atoms with E-state index in [0.717, 1.165) is 17.7 Å². The van der Waals surface area contributed by atoms with Crippen LogP contribution in [-0.4, -0.2) is 40.4 Å². The number of nitrogens with zero attached hydrogens (tertiary/aromatic N) is 2. The first-order valence-corrected chi connectivity index (χ1v) is 9.77. The van der Waals surface area contributed by atoms with Crippen molar-refractivity contribution in [3.8, 4) is 0 Å². The topological polar surface area (TPSA) is 61.8 Å². The van der Waals surface area contributed by atoms with Crippen LogP contribution in [-0.2, 0) is 4.79 Å². The number of amidine groups is 1. The molecule has 4 rings (SSSR count). The van der Waals surface area contributed by atoms with Crippen molar-refractivity contribution in [3.05, 3.63) is 71.8 Å². The van der Waals surface area contributed by atoms with E-state index in [0.29, 0.717) is 18.4 Å². The van der Waals surface area contributed by atoms with Crippen LogP contribution in [0.4, 0.5) is 13.2 Å². The molecule has 1 aliphatic heterocycles. The van der Waals surface area contributed by atoms with Gasteiger partial charge in [-0.15, -0.1) is 0 Å². The van der Waals surface area contributed by atoms with Gasteiger partial charge in [0, 0.05) is 17.2 Å². The Morgan fingerprint density at radius 2 is 1.57 bits per heavy atom. The summed E-state index contributed by atoms with van der Waals surface area (Å²) >= 11 is 0. The van der Waals surface area contributed by atoms with Crippen LogP contribution < -0.4 is 5.32 Å². The van der Waals surface area contributed by atoms with Crippen LogP contribution >= 0.6 is 0 Å². The lowest BCUT2D eigenvalue weighted by Crippen LogP contribution is -2.64. The van der Waals surface area contributed by atoms with Gasteiger partial charge in [-0.05, 0) is 25.0 Å². The van der Waals surface area contributed by atoms with Crippen LogP contribution in [0, 0.1) is 0 Å². The van der Waals surface area contributed by atoms with E-state index < -0.39 is 23.7 Å². The third-order valence-electron chi connectivity index (χ3n) is 5.49. The molecule has 2 aromatic rings. The van der Waals surface area contributed by atoms with Crippen molar-refractivity contribution in [3.63, 3.8) is 0 Å². The zero-order valence-corrected chi connectivity index (χ0v) is 16.0. The minimum Gasteiger partial charge on any atom is -0.312 e. The van der Waals surface area contributed by atoms with Gasteiger partial charge < -0.3 is 5.32 Å². The fourth-order valence-corrected chi connectivity index (χ4v) is 3.99. The van der Waals surface area contributed by atoms with Crippen molar-refractivity contribution in [2.45, 2.75) is 43.6 Å². The van der Waals surface area contributed by atoms with Gasteiger partial charge in [-0.1, -0.05) is 61.4 Å². The molecule has 1 atom stereocenters. The smallest absolute Gasteiger partial charge is 0.312 e. The predicted molar refractivity (Wildman–Crippen MR) is 105 cm³/mol. The summed E-state index contributed by atoms with van der Waals surface area (Å²) in [6.07, 6.45) is -2.27. The SMILES string of the molecule is O=C(N[C@@]1(C(F)(F)F)N=C(c2ccccc2)N(C2CCCC2)C1=O)c1ccccc1. The fourth-order valence-electron chi connectivity index (χ4n) is 3.99. The second-order valence-electron chi connectivity index (χ2n) is 7.44. The molecular weight excluding hydrogens is 395 g/mol. The van der Waals surface area contributed by atoms with Crippen molar-refractivity contribution >= 4 is 17.6 Å². The number of aliphatic imine (C=N–C) groups is 1. The monoisotopic (exact) mass is 415 g/mol. The highest BCUT2D eigenvalue weighted by Crippen LogP contribution is 2.41. The first-order valence-electron chi connectivity index (χ1n) is 9.77. The first-order chi connectivity index (χ1) is 14.3. The summed E-state index contributed by atoms with van der Waals surface area (Å²) in [5.41, 5.74) is -2.93. The van der Waals surface area contributed by atoms with E-state index in [4.69, 9.17) is 0 Å². The number of hydrogen-bond donors (Lipinski definition) is 1. The van der Waals surface area contributed by atoms with Crippen molar-refractivity contribution < 1.29 is 22.8 Å². The number of rotatable bonds is 4. The Balaban J connectivity index is 1.81. The molecule has 1 saturated carbocycles. The Morgan fingerprint density at radius 1 is 1.00 bits per heavy atom. The maximum absolute atomic E-state index is 14.3. The van der Waals surface area contributed by atoms with Gasteiger partial charge in [0.15, 0.2) is 0 Å². The van der Waals surface area contributed by atoms with E-state index in [1.54, 1.807) is 36.4 Å². The zero-order valence-electron chi connectivity index (χ0n) is 16.0. The van der Waals surface area contributed by atoms with Gasteiger partial charge in [0.05, 0.1) is 0 Å². The lowest BCUT2D eigenvalue weighted by molar-refractivity contribution is -0.196. The Morgan fingerprint density at radius 3 is 2.13 bits per heavy atom. The minimum absolute atomic E-state index is 0.0182. The molecule has 2 aromatic carbocycles. The summed E-state index contributed by atoms with van der Waals surface area (Å²) < 4.78 is 43.0. The van der Waals surface area contributed by atoms with E-state index in [-0.39, 0.29) is 17.4 Å². The third kappa shape index (κ3) is 3.36. The molecule has 30 heavy (non-hydrogen) atoms. The second kappa shape index (κ2) is 7.59. The average Bonchev–Trinajstić information content (AvgIpc) is 3.36. The summed E-state index contributed by atoms with van der Waals surface area (Å²) in [5.74, 6) is -2.33. The van der Waals surface area contributed by atoms with Gasteiger partial charge in [0.25, 0.3) is 11.8 Å². The number of carbonyl (C=O) groups is 2. The van der Waals surface area contributed by atoms with Gasteiger partial charge in [0.1, 0.15) is 5.84 Å². The zero-order chi connectivity index (χ0) is 21.4. The molecule has 1 fully saturated rings. The van der Waals surface area contributed by atoms with Crippen molar-refractivity contribution in [1.82, 2.24) is 10.2 Å². The molecule has 0 aromatic heterocycles. The maximum atomic E-state index is 14.3. The number of alkyl halides is 3. The van der Waals surface area contributed by atoms with Crippen LogP contribution in [0.15, 0.2) is 65.7 Å². The molecule has 5 nitrogen and oxygen atoms in total. The lowest BCUT2D eigenvalue weighted by atomic mass is 10.1. The van der Waals surface area contributed by atoms with Crippen molar-refractivity contribution in [2.24, 2.45) is 4.99 Å². The van der Waals surface area contributed by atoms with E-state index in [1.807, 2.05) is 5.32 Å². The Kier molecular flexibility index (Phi) is 5.09. The first kappa shape index (κ1) is 20.1. The van der Waals surface area contributed by atoms with E-state index in [2.05, 4.69) is 4.99 Å². The van der Waals surface area contributed by atoms with Crippen LogP contribution in [0.25, 0.3) is 0 Å². The molecule has 0 unspecified atom stereocenters. The summed E-state index contributed by atoms with van der Waals surface area (Å²) in [4.78, 5) is 30.9. The molecule has 1 heterocycles. The molecule has 1 N–H and O–H groups in total. The average molecular weight is 415 g/mol. The highest BCUT2D eigenvalue weighted by Gasteiger charge is 2.68. The number of hydrogen-bond acceptors (Lipinski definition) is 3. The van der Waals surface area contributed by atoms with Gasteiger partial charge in [-0.25, -0.2) is 4.99 Å². The number of nitrogens with one attached hydrogen (secondary N) is 1. The molecule has 0 spiro atoms. The fraction of sp³-hybridized carbons (Fsp3) is 0.318. The van der Waals surface area contributed by atoms with Gasteiger partial charge in [-0.2, -0.15) is 13.2 Å². The molecule has 0 bridgehead atoms. The van der Waals surface area contributed by atoms with Crippen LogP contribution in [0.5, 0.6) is 0 Å². The molecule has 0 radical (unpaired) electrons. The molecular formula is C22H20F3N3O2. The van der Waals surface area contributed by atoms with Crippen LogP contribution in [0.2, 0.25) is 0 Å². The summed E-state index contributed by atoms with van der Waals surface area (Å²) in [6.45, 7) is 0. The maximum Gasteiger partial charge on any atom is 0.442 e. The number of halogens is 3. The highest BCUT2D eigenvalue weighted by molar-refractivity contribution is 6.17.